The van der Waals surface area contributed by atoms with Crippen molar-refractivity contribution in [2.75, 3.05) is 0 Å². The molecular formula is C21H15BrN4O2S. The van der Waals surface area contributed by atoms with Crippen LogP contribution in [-0.4, -0.2) is 5.90 Å². The van der Waals surface area contributed by atoms with Crippen molar-refractivity contribution in [3.8, 4) is 18.2 Å². The SMILES string of the molecule is Cc1ccc(C23OC(=N)C(C#N)(C2C)C(C#N)(C#N)C(c2cc(Br)cs2)O3)cc1. The third-order valence-corrected chi connectivity index (χ3v) is 7.71. The molecule has 1 aromatic carbocycles. The molecule has 0 saturated carbocycles. The Balaban J connectivity index is 2.03. The molecule has 29 heavy (non-hydrogen) atoms. The molecule has 4 rings (SSSR count). The Kier molecular flexibility index (Phi) is 4.33. The van der Waals surface area contributed by atoms with Crippen LogP contribution in [0.1, 0.15) is 29.0 Å². The van der Waals surface area contributed by atoms with E-state index < -0.39 is 34.5 Å². The number of rotatable bonds is 2. The number of benzene rings is 1. The molecule has 4 atom stereocenters. The zero-order chi connectivity index (χ0) is 21.0. The summed E-state index contributed by atoms with van der Waals surface area (Å²) in [7, 11) is 0. The second-order valence-electron chi connectivity index (χ2n) is 7.30. The molecule has 2 aliphatic rings. The molecule has 0 amide bonds. The van der Waals surface area contributed by atoms with E-state index in [4.69, 9.17) is 14.9 Å². The standard InChI is InChI=1S/C21H15BrN4O2S/c1-12-3-5-14(6-4-12)21-13(2)20(11-25,18(26)28-21)19(9-23,10-24)17(27-21)16-7-15(22)8-29-16/h3-8,13,17,26H,1-2H3. The van der Waals surface area contributed by atoms with Gasteiger partial charge in [-0.2, -0.15) is 15.8 Å². The van der Waals surface area contributed by atoms with Crippen LogP contribution in [0.2, 0.25) is 0 Å². The average molecular weight is 467 g/mol. The fraction of sp³-hybridized carbons (Fsp3) is 0.333. The number of aryl methyl sites for hydroxylation is 1. The Morgan fingerprint density at radius 3 is 2.31 bits per heavy atom. The molecule has 2 bridgehead atoms. The van der Waals surface area contributed by atoms with Crippen molar-refractivity contribution >= 4 is 33.2 Å². The molecule has 1 aromatic heterocycles. The minimum atomic E-state index is -1.94. The largest absolute Gasteiger partial charge is 0.443 e. The lowest BCUT2D eigenvalue weighted by Crippen LogP contribution is -2.57. The molecule has 2 aromatic rings. The number of nitriles is 3. The quantitative estimate of drug-likeness (QED) is 0.673. The highest BCUT2D eigenvalue weighted by molar-refractivity contribution is 9.10. The van der Waals surface area contributed by atoms with Crippen LogP contribution in [-0.2, 0) is 15.3 Å². The van der Waals surface area contributed by atoms with Crippen molar-refractivity contribution in [1.82, 2.24) is 0 Å². The second kappa shape index (κ2) is 6.40. The fourth-order valence-electron chi connectivity index (χ4n) is 4.37. The summed E-state index contributed by atoms with van der Waals surface area (Å²) in [4.78, 5) is 0.612. The Bertz CT molecular complexity index is 1130. The van der Waals surface area contributed by atoms with Crippen molar-refractivity contribution in [2.45, 2.75) is 25.7 Å². The molecule has 0 aliphatic carbocycles. The van der Waals surface area contributed by atoms with Crippen LogP contribution < -0.4 is 0 Å². The first-order chi connectivity index (χ1) is 13.8. The maximum Gasteiger partial charge on any atom is 0.244 e. The molecule has 2 fully saturated rings. The third-order valence-electron chi connectivity index (χ3n) is 5.97. The number of fused-ring (bicyclic) bond motifs is 2. The van der Waals surface area contributed by atoms with Gasteiger partial charge in [0, 0.05) is 20.3 Å². The van der Waals surface area contributed by atoms with Crippen LogP contribution in [0.3, 0.4) is 0 Å². The Labute approximate surface area is 180 Å². The molecule has 3 heterocycles. The number of nitrogens with one attached hydrogen (secondary N) is 1. The summed E-state index contributed by atoms with van der Waals surface area (Å²) in [6.45, 7) is 3.65. The number of nitrogens with zero attached hydrogens (tertiary/aromatic N) is 3. The van der Waals surface area contributed by atoms with E-state index in [1.807, 2.05) is 48.7 Å². The van der Waals surface area contributed by atoms with Gasteiger partial charge in [0.05, 0.1) is 24.1 Å². The third kappa shape index (κ3) is 2.24. The minimum Gasteiger partial charge on any atom is -0.443 e. The molecule has 8 heteroatoms. The van der Waals surface area contributed by atoms with E-state index in [0.717, 1.165) is 10.0 Å². The van der Waals surface area contributed by atoms with Crippen LogP contribution in [0.5, 0.6) is 0 Å². The Morgan fingerprint density at radius 1 is 1.14 bits per heavy atom. The van der Waals surface area contributed by atoms with Crippen molar-refractivity contribution in [3.05, 3.63) is 56.2 Å². The van der Waals surface area contributed by atoms with Crippen LogP contribution in [0.25, 0.3) is 0 Å². The van der Waals surface area contributed by atoms with Gasteiger partial charge in [0.15, 0.2) is 5.41 Å². The van der Waals surface area contributed by atoms with Gasteiger partial charge in [0.2, 0.25) is 17.1 Å². The van der Waals surface area contributed by atoms with Gasteiger partial charge in [-0.25, -0.2) is 0 Å². The van der Waals surface area contributed by atoms with E-state index in [2.05, 4.69) is 22.0 Å². The molecule has 2 aliphatic heterocycles. The number of thiophene rings is 1. The maximum absolute atomic E-state index is 10.2. The summed E-state index contributed by atoms with van der Waals surface area (Å²) >= 11 is 4.72. The number of halogens is 1. The van der Waals surface area contributed by atoms with Gasteiger partial charge in [0.25, 0.3) is 0 Å². The molecule has 2 saturated heterocycles. The minimum absolute atomic E-state index is 0.408. The number of hydrogen-bond donors (Lipinski definition) is 1. The van der Waals surface area contributed by atoms with Gasteiger partial charge in [-0.15, -0.1) is 11.3 Å². The van der Waals surface area contributed by atoms with Crippen LogP contribution in [0.15, 0.2) is 40.2 Å². The Morgan fingerprint density at radius 2 is 1.79 bits per heavy atom. The monoisotopic (exact) mass is 466 g/mol. The van der Waals surface area contributed by atoms with Gasteiger partial charge in [-0.05, 0) is 28.9 Å². The molecule has 4 unspecified atom stereocenters. The van der Waals surface area contributed by atoms with E-state index in [0.29, 0.717) is 10.4 Å². The predicted molar refractivity (Wildman–Crippen MR) is 108 cm³/mol. The summed E-state index contributed by atoms with van der Waals surface area (Å²) < 4.78 is 13.2. The smallest absolute Gasteiger partial charge is 0.244 e. The highest BCUT2D eigenvalue weighted by Gasteiger charge is 2.79. The van der Waals surface area contributed by atoms with E-state index in [1.54, 1.807) is 13.0 Å². The summed E-state index contributed by atoms with van der Waals surface area (Å²) in [5, 5.41) is 40.9. The van der Waals surface area contributed by atoms with Crippen molar-refractivity contribution in [3.63, 3.8) is 0 Å². The van der Waals surface area contributed by atoms with Gasteiger partial charge in [0.1, 0.15) is 6.10 Å². The Hall–Kier alpha value is -2.70. The van der Waals surface area contributed by atoms with Crippen molar-refractivity contribution < 1.29 is 9.47 Å². The van der Waals surface area contributed by atoms with E-state index in [1.165, 1.54) is 11.3 Å². The van der Waals surface area contributed by atoms with Gasteiger partial charge in [-0.1, -0.05) is 36.8 Å². The van der Waals surface area contributed by atoms with Crippen LogP contribution >= 0.6 is 27.3 Å². The van der Waals surface area contributed by atoms with E-state index >= 15 is 0 Å². The molecule has 1 N–H and O–H groups in total. The number of ether oxygens (including phenoxy) is 2. The normalized spacial score (nSPS) is 31.9. The first-order valence-electron chi connectivity index (χ1n) is 8.82. The number of hydrogen-bond acceptors (Lipinski definition) is 7. The first kappa shape index (κ1) is 19.6. The predicted octanol–water partition coefficient (Wildman–Crippen LogP) is 4.93. The molecular weight excluding hydrogens is 452 g/mol. The summed E-state index contributed by atoms with van der Waals surface area (Å²) in [5.41, 5.74) is -2.04. The lowest BCUT2D eigenvalue weighted by molar-refractivity contribution is -0.287. The maximum atomic E-state index is 10.2. The van der Waals surface area contributed by atoms with Crippen molar-refractivity contribution in [1.29, 1.82) is 21.2 Å². The highest BCUT2D eigenvalue weighted by atomic mass is 79.9. The second-order valence-corrected chi connectivity index (χ2v) is 9.16. The topological polar surface area (TPSA) is 114 Å². The first-order valence-corrected chi connectivity index (χ1v) is 10.5. The van der Waals surface area contributed by atoms with Gasteiger partial charge in [-0.3, -0.25) is 5.41 Å². The van der Waals surface area contributed by atoms with Gasteiger partial charge < -0.3 is 9.47 Å². The van der Waals surface area contributed by atoms with E-state index in [9.17, 15) is 15.8 Å². The zero-order valence-corrected chi connectivity index (χ0v) is 18.0. The molecule has 0 spiro atoms. The zero-order valence-electron chi connectivity index (χ0n) is 15.6. The van der Waals surface area contributed by atoms with Crippen LogP contribution in [0.4, 0.5) is 0 Å². The molecule has 0 radical (unpaired) electrons. The fourth-order valence-corrected chi connectivity index (χ4v) is 5.91. The van der Waals surface area contributed by atoms with E-state index in [-0.39, 0.29) is 0 Å². The summed E-state index contributed by atoms with van der Waals surface area (Å²) in [6, 6.07) is 15.4. The van der Waals surface area contributed by atoms with Crippen molar-refractivity contribution in [2.24, 2.45) is 16.7 Å². The molecule has 6 nitrogen and oxygen atoms in total. The summed E-state index contributed by atoms with van der Waals surface area (Å²) in [5.74, 6) is -2.61. The van der Waals surface area contributed by atoms with Crippen LogP contribution in [0, 0.1) is 63.1 Å². The van der Waals surface area contributed by atoms with Gasteiger partial charge >= 0.3 is 0 Å². The lowest BCUT2D eigenvalue weighted by Gasteiger charge is -2.48. The molecule has 144 valence electrons. The lowest BCUT2D eigenvalue weighted by atomic mass is 9.54. The summed E-state index contributed by atoms with van der Waals surface area (Å²) in [6.07, 6.45) is -1.06. The average Bonchev–Trinajstić information content (AvgIpc) is 3.21. The highest BCUT2D eigenvalue weighted by Crippen LogP contribution is 2.69.